The first-order valence-electron chi connectivity index (χ1n) is 19.9. The minimum Gasteiger partial charge on any atom is -0.228 e. The summed E-state index contributed by atoms with van der Waals surface area (Å²) >= 11 is 1.85. The van der Waals surface area contributed by atoms with Crippen molar-refractivity contribution in [2.45, 2.75) is 19.3 Å². The van der Waals surface area contributed by atoms with E-state index in [4.69, 9.17) is 9.97 Å². The van der Waals surface area contributed by atoms with E-state index in [-0.39, 0.29) is 5.41 Å². The molecule has 0 amide bonds. The summed E-state index contributed by atoms with van der Waals surface area (Å²) in [7, 11) is 0. The van der Waals surface area contributed by atoms with E-state index >= 15 is 0 Å². The van der Waals surface area contributed by atoms with E-state index in [1.807, 2.05) is 17.4 Å². The lowest BCUT2D eigenvalue weighted by atomic mass is 9.82. The number of aromatic nitrogens is 2. The highest BCUT2D eigenvalue weighted by Gasteiger charge is 2.35. The average Bonchev–Trinajstić information content (AvgIpc) is 3.78. The van der Waals surface area contributed by atoms with Crippen LogP contribution in [0.3, 0.4) is 0 Å². The first-order valence-corrected chi connectivity index (χ1v) is 20.7. The maximum atomic E-state index is 5.32. The van der Waals surface area contributed by atoms with Crippen LogP contribution in [0.4, 0.5) is 0 Å². The van der Waals surface area contributed by atoms with Crippen LogP contribution in [0.25, 0.3) is 98.6 Å². The van der Waals surface area contributed by atoms with E-state index in [1.54, 1.807) is 0 Å². The van der Waals surface area contributed by atoms with Crippen LogP contribution >= 0.6 is 11.3 Å². The summed E-state index contributed by atoms with van der Waals surface area (Å²) in [5.74, 6) is 0.701. The summed E-state index contributed by atoms with van der Waals surface area (Å²) in [6, 6.07) is 70.2. The van der Waals surface area contributed by atoms with Crippen LogP contribution in [0.1, 0.15) is 25.0 Å². The second-order valence-corrected chi connectivity index (χ2v) is 16.9. The van der Waals surface area contributed by atoms with E-state index in [0.717, 1.165) is 44.8 Å². The molecule has 2 nitrogen and oxygen atoms in total. The third-order valence-electron chi connectivity index (χ3n) is 11.9. The molecule has 0 unspecified atom stereocenters. The zero-order valence-corrected chi connectivity index (χ0v) is 33.1. The Balaban J connectivity index is 1.09. The first-order chi connectivity index (χ1) is 28.5. The molecule has 274 valence electrons. The molecular weight excluding hydrogens is 721 g/mol. The Morgan fingerprint density at radius 2 is 0.931 bits per heavy atom. The minimum absolute atomic E-state index is 0.0286. The van der Waals surface area contributed by atoms with Crippen LogP contribution in [-0.2, 0) is 5.41 Å². The second-order valence-electron chi connectivity index (χ2n) is 15.8. The van der Waals surface area contributed by atoms with Crippen LogP contribution in [0, 0.1) is 0 Å². The van der Waals surface area contributed by atoms with Crippen molar-refractivity contribution in [1.82, 2.24) is 9.97 Å². The van der Waals surface area contributed by atoms with E-state index in [2.05, 4.69) is 202 Å². The van der Waals surface area contributed by atoms with Crippen LogP contribution in [0.2, 0.25) is 0 Å². The predicted octanol–water partition coefficient (Wildman–Crippen LogP) is 15.2. The highest BCUT2D eigenvalue weighted by atomic mass is 32.1. The zero-order valence-electron chi connectivity index (χ0n) is 32.3. The third-order valence-corrected chi connectivity index (χ3v) is 13.0. The molecule has 58 heavy (non-hydrogen) atoms. The molecule has 0 saturated heterocycles. The summed E-state index contributed by atoms with van der Waals surface area (Å²) < 4.78 is 2.59. The maximum absolute atomic E-state index is 5.32. The number of nitrogens with zero attached hydrogens (tertiary/aromatic N) is 2. The van der Waals surface area contributed by atoms with Crippen molar-refractivity contribution in [2.75, 3.05) is 0 Å². The number of benzene rings is 8. The number of hydrogen-bond acceptors (Lipinski definition) is 3. The molecule has 0 atom stereocenters. The van der Waals surface area contributed by atoms with Crippen molar-refractivity contribution in [3.8, 4) is 78.4 Å². The standard InChI is InChI=1S/C55H38N2S/c1-55(2)47-24-11-9-21-44(47)46-33-38(27-28-48(46)55)37-19-13-20-39(29-37)49-34-50(57-54(56-49)36-17-7-4-8-18-36)42-31-40(35-15-5-3-6-16-35)30-41(32-42)43-23-14-26-52-53(43)45-22-10-12-25-51(45)58-52/h3-34H,1-2H3. The Kier molecular flexibility index (Phi) is 8.06. The molecule has 0 N–H and O–H groups in total. The van der Waals surface area contributed by atoms with Crippen molar-refractivity contribution >= 4 is 31.5 Å². The highest BCUT2D eigenvalue weighted by Crippen LogP contribution is 2.50. The number of rotatable bonds is 6. The van der Waals surface area contributed by atoms with Crippen LogP contribution in [0.5, 0.6) is 0 Å². The Labute approximate surface area is 342 Å². The fraction of sp³-hybridized carbons (Fsp3) is 0.0545. The van der Waals surface area contributed by atoms with E-state index in [1.165, 1.54) is 59.1 Å². The van der Waals surface area contributed by atoms with Gasteiger partial charge in [0, 0.05) is 42.3 Å². The normalized spacial score (nSPS) is 12.8. The molecule has 11 rings (SSSR count). The van der Waals surface area contributed by atoms with Gasteiger partial charge in [-0.3, -0.25) is 0 Å². The number of hydrogen-bond donors (Lipinski definition) is 0. The molecule has 0 spiro atoms. The molecule has 2 aromatic heterocycles. The van der Waals surface area contributed by atoms with Crippen LogP contribution in [-0.4, -0.2) is 9.97 Å². The molecule has 0 aliphatic heterocycles. The number of thiophene rings is 1. The molecule has 0 radical (unpaired) electrons. The molecule has 2 heterocycles. The Morgan fingerprint density at radius 1 is 0.362 bits per heavy atom. The summed E-state index contributed by atoms with van der Waals surface area (Å²) in [5.41, 5.74) is 17.3. The average molecular weight is 759 g/mol. The lowest BCUT2D eigenvalue weighted by molar-refractivity contribution is 0.660. The lowest BCUT2D eigenvalue weighted by Gasteiger charge is -2.21. The van der Waals surface area contributed by atoms with E-state index in [9.17, 15) is 0 Å². The van der Waals surface area contributed by atoms with Gasteiger partial charge in [0.2, 0.25) is 0 Å². The Morgan fingerprint density at radius 3 is 1.78 bits per heavy atom. The molecular formula is C55H38N2S. The summed E-state index contributed by atoms with van der Waals surface area (Å²) in [6.45, 7) is 4.66. The van der Waals surface area contributed by atoms with Crippen molar-refractivity contribution < 1.29 is 0 Å². The van der Waals surface area contributed by atoms with Gasteiger partial charge in [0.25, 0.3) is 0 Å². The monoisotopic (exact) mass is 758 g/mol. The largest absolute Gasteiger partial charge is 0.228 e. The Bertz CT molecular complexity index is 3190. The quantitative estimate of drug-likeness (QED) is 0.169. The molecule has 8 aromatic carbocycles. The predicted molar refractivity (Wildman–Crippen MR) is 245 cm³/mol. The molecule has 0 saturated carbocycles. The zero-order chi connectivity index (χ0) is 38.8. The van der Waals surface area contributed by atoms with Gasteiger partial charge in [-0.15, -0.1) is 11.3 Å². The fourth-order valence-electron chi connectivity index (χ4n) is 8.96. The van der Waals surface area contributed by atoms with Gasteiger partial charge in [0.1, 0.15) is 0 Å². The maximum Gasteiger partial charge on any atom is 0.160 e. The summed E-state index contributed by atoms with van der Waals surface area (Å²) in [6.07, 6.45) is 0. The molecule has 0 bridgehead atoms. The third kappa shape index (κ3) is 5.78. The summed E-state index contributed by atoms with van der Waals surface area (Å²) in [5, 5.41) is 2.58. The summed E-state index contributed by atoms with van der Waals surface area (Å²) in [4.78, 5) is 10.6. The molecule has 1 aliphatic carbocycles. The lowest BCUT2D eigenvalue weighted by Crippen LogP contribution is -2.14. The molecule has 10 aromatic rings. The van der Waals surface area contributed by atoms with Gasteiger partial charge in [-0.05, 0) is 104 Å². The van der Waals surface area contributed by atoms with Gasteiger partial charge < -0.3 is 0 Å². The van der Waals surface area contributed by atoms with Crippen LogP contribution < -0.4 is 0 Å². The minimum atomic E-state index is -0.0286. The topological polar surface area (TPSA) is 25.8 Å². The van der Waals surface area contributed by atoms with Crippen molar-refractivity contribution in [3.05, 3.63) is 205 Å². The first kappa shape index (κ1) is 34.3. The van der Waals surface area contributed by atoms with Gasteiger partial charge in [-0.25, -0.2) is 9.97 Å². The molecule has 3 heteroatoms. The smallest absolute Gasteiger partial charge is 0.160 e. The van der Waals surface area contributed by atoms with Gasteiger partial charge in [0.05, 0.1) is 11.4 Å². The fourth-order valence-corrected chi connectivity index (χ4v) is 10.1. The van der Waals surface area contributed by atoms with E-state index < -0.39 is 0 Å². The van der Waals surface area contributed by atoms with Gasteiger partial charge in [-0.1, -0.05) is 159 Å². The van der Waals surface area contributed by atoms with E-state index in [0.29, 0.717) is 5.82 Å². The SMILES string of the molecule is CC1(C)c2ccccc2-c2cc(-c3cccc(-c4cc(-c5cc(-c6ccccc6)cc(-c6cccc7sc8ccccc8c67)c5)nc(-c5ccccc5)n4)c3)ccc21. The Hall–Kier alpha value is -6.94. The van der Waals surface area contributed by atoms with Gasteiger partial charge in [-0.2, -0.15) is 0 Å². The van der Waals surface area contributed by atoms with Gasteiger partial charge >= 0.3 is 0 Å². The number of fused-ring (bicyclic) bond motifs is 6. The van der Waals surface area contributed by atoms with Crippen molar-refractivity contribution in [1.29, 1.82) is 0 Å². The second kappa shape index (κ2) is 13.6. The van der Waals surface area contributed by atoms with Crippen molar-refractivity contribution in [2.24, 2.45) is 0 Å². The highest BCUT2D eigenvalue weighted by molar-refractivity contribution is 7.25. The van der Waals surface area contributed by atoms with Crippen molar-refractivity contribution in [3.63, 3.8) is 0 Å². The molecule has 1 aliphatic rings. The van der Waals surface area contributed by atoms with Crippen LogP contribution in [0.15, 0.2) is 194 Å². The van der Waals surface area contributed by atoms with Gasteiger partial charge in [0.15, 0.2) is 5.82 Å². The molecule has 0 fully saturated rings.